The Morgan fingerprint density at radius 3 is 2.81 bits per heavy atom. The molecule has 1 N–H and O–H groups in total. The fraction of sp³-hybridized carbons (Fsp3) is 0.500. The Bertz CT molecular complexity index is 1150. The van der Waals surface area contributed by atoms with E-state index in [0.717, 1.165) is 60.7 Å². The molecule has 1 fully saturated rings. The molecule has 4 rings (SSSR count). The first-order valence-corrected chi connectivity index (χ1v) is 13.9. The third-order valence-electron chi connectivity index (χ3n) is 7.21. The minimum absolute atomic E-state index is 0.157. The van der Waals surface area contributed by atoms with Gasteiger partial charge in [0.25, 0.3) is 0 Å². The minimum Gasteiger partial charge on any atom is -0.497 e. The Balaban J connectivity index is 1.32. The van der Waals surface area contributed by atoms with Crippen LogP contribution < -0.4 is 4.74 Å². The first kappa shape index (κ1) is 27.3. The van der Waals surface area contributed by atoms with Gasteiger partial charge in [0.2, 0.25) is 0 Å². The first-order chi connectivity index (χ1) is 18.0. The van der Waals surface area contributed by atoms with Crippen LogP contribution in [0.15, 0.2) is 54.1 Å². The van der Waals surface area contributed by atoms with Crippen LogP contribution in [-0.2, 0) is 4.79 Å². The molecular formula is C28H35FN4O3S. The van der Waals surface area contributed by atoms with Crippen LogP contribution in [-0.4, -0.2) is 63.4 Å². The zero-order valence-corrected chi connectivity index (χ0v) is 22.1. The highest BCUT2D eigenvalue weighted by Gasteiger charge is 2.30. The van der Waals surface area contributed by atoms with Crippen LogP contribution in [0.25, 0.3) is 10.9 Å². The van der Waals surface area contributed by atoms with Crippen molar-refractivity contribution >= 4 is 28.6 Å². The summed E-state index contributed by atoms with van der Waals surface area (Å²) in [6, 6.07) is 9.11. The number of methoxy groups -OCH3 is 1. The number of nitrogens with zero attached hydrogens (tertiary/aromatic N) is 4. The van der Waals surface area contributed by atoms with Gasteiger partial charge in [-0.05, 0) is 92.9 Å². The monoisotopic (exact) mass is 526 g/mol. The number of rotatable bonds is 13. The van der Waals surface area contributed by atoms with Crippen molar-refractivity contribution in [3.05, 3.63) is 54.5 Å². The van der Waals surface area contributed by atoms with Gasteiger partial charge in [-0.15, -0.1) is 0 Å². The van der Waals surface area contributed by atoms with E-state index in [2.05, 4.69) is 19.9 Å². The summed E-state index contributed by atoms with van der Waals surface area (Å²) in [5, 5.41) is 10.9. The predicted octanol–water partition coefficient (Wildman–Crippen LogP) is 5.81. The summed E-state index contributed by atoms with van der Waals surface area (Å²) >= 11 is 1.66. The maximum atomic E-state index is 15.5. The van der Waals surface area contributed by atoms with Gasteiger partial charge in [0.05, 0.1) is 12.6 Å². The quantitative estimate of drug-likeness (QED) is 0.170. The van der Waals surface area contributed by atoms with Crippen molar-refractivity contribution in [3.63, 3.8) is 0 Å². The van der Waals surface area contributed by atoms with Crippen molar-refractivity contribution in [3.8, 4) is 5.75 Å². The number of aliphatic carboxylic acids is 1. The minimum atomic E-state index is -1.10. The van der Waals surface area contributed by atoms with Crippen LogP contribution >= 0.6 is 11.8 Å². The molecule has 2 aromatic heterocycles. The lowest BCUT2D eigenvalue weighted by molar-refractivity contribution is -0.137. The molecule has 3 heterocycles. The second-order valence-corrected chi connectivity index (χ2v) is 10.7. The molecule has 198 valence electrons. The van der Waals surface area contributed by atoms with Gasteiger partial charge in [0, 0.05) is 42.7 Å². The van der Waals surface area contributed by atoms with E-state index in [1.165, 1.54) is 0 Å². The number of alkyl halides is 1. The second kappa shape index (κ2) is 13.7. The van der Waals surface area contributed by atoms with E-state index in [9.17, 15) is 9.90 Å². The topological polar surface area (TPSA) is 88.4 Å². The number of likely N-dealkylation sites (tertiary alicyclic amines) is 1. The molecule has 0 bridgehead atoms. The van der Waals surface area contributed by atoms with Gasteiger partial charge in [-0.2, -0.15) is 0 Å². The van der Waals surface area contributed by atoms with E-state index in [1.54, 1.807) is 43.5 Å². The van der Waals surface area contributed by atoms with Gasteiger partial charge in [0.1, 0.15) is 11.9 Å². The number of aromatic nitrogens is 3. The van der Waals surface area contributed by atoms with Gasteiger partial charge in [-0.1, -0.05) is 11.8 Å². The van der Waals surface area contributed by atoms with Gasteiger partial charge in [-0.25, -0.2) is 14.4 Å². The Kier molecular flexibility index (Phi) is 10.1. The summed E-state index contributed by atoms with van der Waals surface area (Å²) in [6.07, 6.45) is 8.00. The number of pyridine rings is 1. The van der Waals surface area contributed by atoms with Crippen LogP contribution in [0.4, 0.5) is 4.39 Å². The van der Waals surface area contributed by atoms with Crippen LogP contribution in [0.5, 0.6) is 5.75 Å². The molecule has 0 aliphatic carbocycles. The highest BCUT2D eigenvalue weighted by atomic mass is 32.2. The summed E-state index contributed by atoms with van der Waals surface area (Å²) in [5.74, 6) is 1.44. The number of benzene rings is 1. The highest BCUT2D eigenvalue weighted by molar-refractivity contribution is 7.99. The maximum absolute atomic E-state index is 15.5. The van der Waals surface area contributed by atoms with Gasteiger partial charge >= 0.3 is 5.97 Å². The number of ether oxygens (including phenoxy) is 1. The van der Waals surface area contributed by atoms with Crippen molar-refractivity contribution in [1.29, 1.82) is 0 Å². The number of carboxylic acid groups (broad SMARTS) is 1. The van der Waals surface area contributed by atoms with Crippen LogP contribution in [0, 0.1) is 11.8 Å². The molecule has 0 amide bonds. The average Bonchev–Trinajstić information content (AvgIpc) is 2.93. The number of halogens is 1. The van der Waals surface area contributed by atoms with Crippen LogP contribution in [0.1, 0.15) is 50.3 Å². The smallest absolute Gasteiger partial charge is 0.303 e. The Morgan fingerprint density at radius 2 is 2.03 bits per heavy atom. The van der Waals surface area contributed by atoms with E-state index < -0.39 is 12.1 Å². The zero-order chi connectivity index (χ0) is 26.0. The first-order valence-electron chi connectivity index (χ1n) is 12.9. The largest absolute Gasteiger partial charge is 0.497 e. The summed E-state index contributed by atoms with van der Waals surface area (Å²) in [4.78, 5) is 26.6. The average molecular weight is 527 g/mol. The molecule has 9 heteroatoms. The maximum Gasteiger partial charge on any atom is 0.303 e. The zero-order valence-electron chi connectivity index (χ0n) is 21.3. The number of carboxylic acids is 1. The van der Waals surface area contributed by atoms with Crippen molar-refractivity contribution < 1.29 is 19.0 Å². The SMILES string of the molecule is COc1ccc2nccc([C@@H](F)CCC3CCN(CCCSc4ncccn4)CC3CCC(=O)O)c2c1. The molecule has 1 aromatic carbocycles. The van der Waals surface area contributed by atoms with Gasteiger partial charge in [0.15, 0.2) is 5.16 Å². The predicted molar refractivity (Wildman–Crippen MR) is 144 cm³/mol. The molecule has 0 saturated carbocycles. The molecule has 1 aliphatic heterocycles. The van der Waals surface area contributed by atoms with E-state index in [4.69, 9.17) is 4.74 Å². The molecule has 0 radical (unpaired) electrons. The molecule has 7 nitrogen and oxygen atoms in total. The van der Waals surface area contributed by atoms with Crippen molar-refractivity contribution in [2.45, 2.75) is 49.9 Å². The van der Waals surface area contributed by atoms with Crippen molar-refractivity contribution in [2.75, 3.05) is 32.5 Å². The Labute approximate surface area is 221 Å². The van der Waals surface area contributed by atoms with E-state index in [-0.39, 0.29) is 12.3 Å². The molecule has 3 atom stereocenters. The number of hydrogen-bond acceptors (Lipinski definition) is 7. The third-order valence-corrected chi connectivity index (χ3v) is 8.17. The standard InChI is InChI=1S/C28H35FN4O3S/c1-36-22-6-8-26-24(18-22)23(10-14-30-26)25(29)7-4-20-11-16-33(19-21(20)5-9-27(34)35)15-3-17-37-28-31-12-2-13-32-28/h2,6,8,10,12-14,18,20-21,25H,3-5,7,9,11,15-17,19H2,1H3,(H,34,35)/t20?,21?,25-/m0/s1. The molecule has 0 spiro atoms. The Morgan fingerprint density at radius 1 is 1.19 bits per heavy atom. The van der Waals surface area contributed by atoms with Crippen molar-refractivity contribution in [2.24, 2.45) is 11.8 Å². The van der Waals surface area contributed by atoms with E-state index in [1.807, 2.05) is 24.3 Å². The molecule has 1 saturated heterocycles. The number of fused-ring (bicyclic) bond motifs is 1. The lowest BCUT2D eigenvalue weighted by atomic mass is 9.79. The normalized spacial score (nSPS) is 19.1. The molecule has 37 heavy (non-hydrogen) atoms. The summed E-state index contributed by atoms with van der Waals surface area (Å²) in [6.45, 7) is 2.80. The number of piperidine rings is 1. The molecule has 1 aliphatic rings. The fourth-order valence-corrected chi connectivity index (χ4v) is 5.98. The molecular weight excluding hydrogens is 491 g/mol. The molecule has 3 aromatic rings. The number of hydrogen-bond donors (Lipinski definition) is 1. The number of thioether (sulfide) groups is 1. The lowest BCUT2D eigenvalue weighted by Gasteiger charge is -2.39. The summed E-state index contributed by atoms with van der Waals surface area (Å²) in [5.41, 5.74) is 1.40. The summed E-state index contributed by atoms with van der Waals surface area (Å²) in [7, 11) is 1.60. The van der Waals surface area contributed by atoms with Gasteiger partial charge in [-0.3, -0.25) is 9.78 Å². The van der Waals surface area contributed by atoms with Crippen LogP contribution in [0.2, 0.25) is 0 Å². The van der Waals surface area contributed by atoms with Crippen LogP contribution in [0.3, 0.4) is 0 Å². The fourth-order valence-electron chi connectivity index (χ4n) is 5.25. The third kappa shape index (κ3) is 7.85. The van der Waals surface area contributed by atoms with E-state index in [0.29, 0.717) is 30.1 Å². The summed E-state index contributed by atoms with van der Waals surface area (Å²) < 4.78 is 20.9. The highest BCUT2D eigenvalue weighted by Crippen LogP contribution is 2.36. The van der Waals surface area contributed by atoms with Gasteiger partial charge < -0.3 is 14.7 Å². The van der Waals surface area contributed by atoms with E-state index >= 15 is 4.39 Å². The molecule has 2 unspecified atom stereocenters. The lowest BCUT2D eigenvalue weighted by Crippen LogP contribution is -2.41. The Hall–Kier alpha value is -2.78. The van der Waals surface area contributed by atoms with Crippen molar-refractivity contribution in [1.82, 2.24) is 19.9 Å². The second-order valence-electron chi connectivity index (χ2n) is 9.60. The number of carbonyl (C=O) groups is 1.